The summed E-state index contributed by atoms with van der Waals surface area (Å²) in [4.78, 5) is 0. The van der Waals surface area contributed by atoms with Crippen molar-refractivity contribution in [3.8, 4) is 0 Å². The first-order valence-corrected chi connectivity index (χ1v) is 38.1. The average Bonchev–Trinajstić information content (AvgIpc) is 0.664. The fraction of sp³-hybridized carbons (Fsp3) is 0.192. The van der Waals surface area contributed by atoms with Crippen LogP contribution in [0.1, 0.15) is 177 Å². The molecule has 0 nitrogen and oxygen atoms in total. The van der Waals surface area contributed by atoms with E-state index in [-0.39, 0.29) is 43.3 Å². The molecule has 0 spiro atoms. The molecule has 104 heavy (non-hydrogen) atoms. The lowest BCUT2D eigenvalue weighted by Gasteiger charge is -2.81. The predicted molar refractivity (Wildman–Crippen MR) is 441 cm³/mol. The summed E-state index contributed by atoms with van der Waals surface area (Å²) in [6.07, 6.45) is 42.4. The van der Waals surface area contributed by atoms with E-state index in [9.17, 15) is 0 Å². The third-order valence-corrected chi connectivity index (χ3v) is 26.0. The normalized spacial score (nSPS) is 26.7. The molecule has 0 heterocycles. The fourth-order valence-corrected chi connectivity index (χ4v) is 23.4. The van der Waals surface area contributed by atoms with Gasteiger partial charge in [0.2, 0.25) is 0 Å². The molecule has 8 fully saturated rings. The molecular formula is C104H90. The summed E-state index contributed by atoms with van der Waals surface area (Å²) in [7, 11) is 0. The molecule has 0 atom stereocenters. The second-order valence-electron chi connectivity index (χ2n) is 32.4. The zero-order valence-corrected chi connectivity index (χ0v) is 59.6. The molecule has 0 saturated heterocycles. The van der Waals surface area contributed by atoms with Crippen molar-refractivity contribution in [1.29, 1.82) is 0 Å². The summed E-state index contributed by atoms with van der Waals surface area (Å²) in [6.45, 7) is 0. The third-order valence-electron chi connectivity index (χ3n) is 26.0. The average molecular weight is 1340 g/mol. The van der Waals surface area contributed by atoms with Crippen LogP contribution in [0.5, 0.6) is 0 Å². The molecule has 8 aliphatic carbocycles. The van der Waals surface area contributed by atoms with Crippen LogP contribution in [0.25, 0.3) is 72.9 Å². The minimum Gasteiger partial charge on any atom is -0.0622 e. The van der Waals surface area contributed by atoms with Crippen molar-refractivity contribution in [3.63, 3.8) is 0 Å². The molecule has 12 aromatic rings. The molecule has 12 aromatic carbocycles. The SMILES string of the molecule is C(=Cc1ccccc1C12CC3(c4ccccc4C=Cc4ccccc4)CC(c4ccccc4C=Cc4ccccc4)(C1)CC(C14CC5(c6ccccc6C=Cc6ccccc6)CC(c6ccccc6C=Cc6ccccc6)(CC(c6ccccc6C=Cc6ccccc6)(C5)C1)C4)(C2)C3)c1ccccc1. The minimum absolute atomic E-state index is 0.202. The maximum absolute atomic E-state index is 2.61. The van der Waals surface area contributed by atoms with Gasteiger partial charge in [-0.15, -0.1) is 0 Å². The van der Waals surface area contributed by atoms with E-state index in [0.29, 0.717) is 0 Å². The highest BCUT2D eigenvalue weighted by atomic mass is 14.8. The summed E-state index contributed by atoms with van der Waals surface area (Å²) in [5.74, 6) is 0. The Hall–Kier alpha value is -10.9. The van der Waals surface area contributed by atoms with Gasteiger partial charge in [-0.25, -0.2) is 0 Å². The number of benzene rings is 12. The first-order valence-electron chi connectivity index (χ1n) is 38.1. The first kappa shape index (κ1) is 65.1. The highest BCUT2D eigenvalue weighted by molar-refractivity contribution is 5.79. The van der Waals surface area contributed by atoms with Gasteiger partial charge in [-0.05, 0) is 221 Å². The van der Waals surface area contributed by atoms with Crippen LogP contribution in [0.3, 0.4) is 0 Å². The largest absolute Gasteiger partial charge is 0.0622 e. The van der Waals surface area contributed by atoms with E-state index in [4.69, 9.17) is 0 Å². The van der Waals surface area contributed by atoms with E-state index in [1.54, 1.807) is 0 Å². The van der Waals surface area contributed by atoms with Crippen molar-refractivity contribution < 1.29 is 0 Å². The van der Waals surface area contributed by atoms with Gasteiger partial charge < -0.3 is 0 Å². The number of hydrogen-bond acceptors (Lipinski definition) is 0. The van der Waals surface area contributed by atoms with Gasteiger partial charge in [-0.1, -0.05) is 400 Å². The van der Waals surface area contributed by atoms with Gasteiger partial charge in [0.25, 0.3) is 0 Å². The Balaban J connectivity index is 0.949. The lowest BCUT2D eigenvalue weighted by atomic mass is 9.22. The number of hydrogen-bond donors (Lipinski definition) is 0. The Labute approximate surface area is 617 Å². The third kappa shape index (κ3) is 11.8. The number of rotatable bonds is 19. The van der Waals surface area contributed by atoms with Gasteiger partial charge >= 0.3 is 0 Å². The molecule has 506 valence electrons. The van der Waals surface area contributed by atoms with Gasteiger partial charge in [-0.3, -0.25) is 0 Å². The lowest BCUT2D eigenvalue weighted by Crippen LogP contribution is -2.75. The zero-order valence-electron chi connectivity index (χ0n) is 59.6. The maximum Gasteiger partial charge on any atom is -0.00186 e. The van der Waals surface area contributed by atoms with E-state index in [0.717, 1.165) is 77.0 Å². The smallest absolute Gasteiger partial charge is 0.00186 e. The fourth-order valence-electron chi connectivity index (χ4n) is 23.4. The van der Waals surface area contributed by atoms with Crippen LogP contribution >= 0.6 is 0 Å². The van der Waals surface area contributed by atoms with Crippen molar-refractivity contribution in [3.05, 3.63) is 428 Å². The molecule has 0 aromatic heterocycles. The molecule has 20 rings (SSSR count). The van der Waals surface area contributed by atoms with Crippen LogP contribution in [-0.2, 0) is 32.5 Å². The zero-order chi connectivity index (χ0) is 69.5. The predicted octanol–water partition coefficient (Wildman–Crippen LogP) is 26.4. The van der Waals surface area contributed by atoms with Gasteiger partial charge in [0, 0.05) is 0 Å². The Morgan fingerprint density at radius 2 is 0.269 bits per heavy atom. The summed E-state index contributed by atoms with van der Waals surface area (Å²) < 4.78 is 0. The highest BCUT2D eigenvalue weighted by Gasteiger charge is 2.80. The molecule has 8 saturated carbocycles. The van der Waals surface area contributed by atoms with E-state index in [1.807, 2.05) is 0 Å². The molecule has 8 bridgehead atoms. The van der Waals surface area contributed by atoms with Crippen molar-refractivity contribution in [2.45, 2.75) is 110 Å². The van der Waals surface area contributed by atoms with E-state index in [2.05, 4.69) is 400 Å². The Bertz CT molecular complexity index is 4400. The second-order valence-corrected chi connectivity index (χ2v) is 32.4. The second kappa shape index (κ2) is 26.7. The molecule has 0 aliphatic heterocycles. The van der Waals surface area contributed by atoms with Crippen LogP contribution in [-0.4, -0.2) is 0 Å². The summed E-state index contributed by atoms with van der Waals surface area (Å²) >= 11 is 0. The van der Waals surface area contributed by atoms with Crippen LogP contribution < -0.4 is 0 Å². The summed E-state index contributed by atoms with van der Waals surface area (Å²) in [5, 5.41) is 0. The van der Waals surface area contributed by atoms with Crippen LogP contribution in [0, 0.1) is 10.8 Å². The van der Waals surface area contributed by atoms with Crippen molar-refractivity contribution in [2.75, 3.05) is 0 Å². The Morgan fingerprint density at radius 1 is 0.135 bits per heavy atom. The maximum atomic E-state index is 2.61. The molecule has 0 unspecified atom stereocenters. The van der Waals surface area contributed by atoms with E-state index in [1.165, 1.54) is 100 Å². The quantitative estimate of drug-likeness (QED) is 0.0708. The first-order chi connectivity index (χ1) is 51.2. The van der Waals surface area contributed by atoms with Gasteiger partial charge in [0.15, 0.2) is 0 Å². The molecule has 0 amide bonds. The van der Waals surface area contributed by atoms with Gasteiger partial charge in [0.1, 0.15) is 0 Å². The van der Waals surface area contributed by atoms with E-state index < -0.39 is 0 Å². The topological polar surface area (TPSA) is 0 Å². The minimum atomic E-state index is -0.251. The Kier molecular flexibility index (Phi) is 16.7. The molecule has 0 N–H and O–H groups in total. The monoisotopic (exact) mass is 1340 g/mol. The van der Waals surface area contributed by atoms with Crippen LogP contribution in [0.4, 0.5) is 0 Å². The van der Waals surface area contributed by atoms with Gasteiger partial charge in [0.05, 0.1) is 0 Å². The summed E-state index contributed by atoms with van der Waals surface area (Å²) in [6, 6.07) is 125. The van der Waals surface area contributed by atoms with Crippen LogP contribution in [0.15, 0.2) is 328 Å². The Morgan fingerprint density at radius 3 is 0.423 bits per heavy atom. The van der Waals surface area contributed by atoms with Crippen LogP contribution in [0.2, 0.25) is 0 Å². The van der Waals surface area contributed by atoms with Crippen molar-refractivity contribution in [2.24, 2.45) is 10.8 Å². The standard InChI is InChI=1S/C104H90/c1-7-31-79(32-8-1)55-61-85-43-19-25-49-91(85)97-67-98(92-50-26-20-44-86(92)62-56-80-33-9-2-10-34-80)69-99(68-97,93-51-27-21-45-87(93)63-57-81-35-11-3-12-36-81)75-103(73-97,74-98)104-76-100(94-52-28-22-46-88(94)64-58-82-37-13-4-14-38-82)70-101(77-104,95-53-29-23-47-89(95)65-59-83-39-15-5-16-40-83)72-102(71-100,78-104)96-54-30-24-48-90(96)66-60-84-41-17-6-18-42-84/h1-66H,67-78H2. The lowest BCUT2D eigenvalue weighted by molar-refractivity contribution is -0.237. The van der Waals surface area contributed by atoms with E-state index >= 15 is 0 Å². The molecular weight excluding hydrogens is 1250 g/mol. The molecule has 0 heteroatoms. The van der Waals surface area contributed by atoms with Gasteiger partial charge in [-0.2, -0.15) is 0 Å². The van der Waals surface area contributed by atoms with Crippen molar-refractivity contribution in [1.82, 2.24) is 0 Å². The molecule has 0 radical (unpaired) electrons. The molecule has 8 aliphatic rings. The van der Waals surface area contributed by atoms with Crippen molar-refractivity contribution >= 4 is 72.9 Å². The highest BCUT2D eigenvalue weighted by Crippen LogP contribution is 2.86. The summed E-state index contributed by atoms with van der Waals surface area (Å²) in [5.41, 5.74) is 22.6.